The molecule has 5 saturated heterocycles. The molecule has 4 aliphatic carbocycles. The molecule has 10 N–H and O–H groups in total. The Labute approximate surface area is 283 Å². The molecule has 1 aromatic rings. The summed E-state index contributed by atoms with van der Waals surface area (Å²) in [5.41, 5.74) is 6.18. The second kappa shape index (κ2) is 13.8. The zero-order valence-electron chi connectivity index (χ0n) is 28.5. The molecule has 0 radical (unpaired) electrons. The Bertz CT molecular complexity index is 977. The number of nitrogens with two attached hydrogens (primary N) is 1. The van der Waals surface area contributed by atoms with Gasteiger partial charge in [-0.1, -0.05) is 69.6 Å². The first-order valence-corrected chi connectivity index (χ1v) is 20.1. The van der Waals surface area contributed by atoms with Crippen LogP contribution in [0.1, 0.15) is 103 Å². The van der Waals surface area contributed by atoms with Crippen LogP contribution in [0.25, 0.3) is 0 Å². The molecule has 0 amide bonds. The summed E-state index contributed by atoms with van der Waals surface area (Å²) in [4.78, 5) is 0. The number of nitrogens with one attached hydrogen (secondary N) is 8. The second-order valence-electron chi connectivity index (χ2n) is 17.0. The highest BCUT2D eigenvalue weighted by Gasteiger charge is 2.54. The minimum atomic E-state index is 0.420. The summed E-state index contributed by atoms with van der Waals surface area (Å²) < 4.78 is 0. The Morgan fingerprint density at radius 1 is 0.319 bits per heavy atom. The van der Waals surface area contributed by atoms with E-state index in [0.717, 1.165) is 53.0 Å². The van der Waals surface area contributed by atoms with Gasteiger partial charge >= 0.3 is 0 Å². The molecule has 5 heterocycles. The van der Waals surface area contributed by atoms with Gasteiger partial charge in [0.1, 0.15) is 0 Å². The third-order valence-electron chi connectivity index (χ3n) is 14.6. The monoisotopic (exact) mass is 646 g/mol. The van der Waals surface area contributed by atoms with Crippen molar-refractivity contribution in [2.75, 3.05) is 5.73 Å². The maximum atomic E-state index is 5.36. The quantitative estimate of drug-likeness (QED) is 0.194. The van der Waals surface area contributed by atoms with E-state index in [-0.39, 0.29) is 0 Å². The largest absolute Gasteiger partial charge is 0.399 e. The molecule has 260 valence electrons. The highest BCUT2D eigenvalue weighted by atomic mass is 15.4. The third kappa shape index (κ3) is 6.19. The van der Waals surface area contributed by atoms with Crippen LogP contribution in [0.4, 0.5) is 5.69 Å². The zero-order chi connectivity index (χ0) is 31.3. The minimum absolute atomic E-state index is 0.420. The van der Waals surface area contributed by atoms with Gasteiger partial charge in [0.15, 0.2) is 0 Å². The van der Waals surface area contributed by atoms with Crippen LogP contribution in [-0.4, -0.2) is 49.3 Å². The highest BCUT2D eigenvalue weighted by molar-refractivity contribution is 5.35. The minimum Gasteiger partial charge on any atom is -0.399 e. The molecule has 9 aliphatic rings. The number of rotatable bonds is 0. The van der Waals surface area contributed by atoms with Crippen LogP contribution in [0, 0.1) is 47.3 Å². The SMILES string of the molecule is C1CCC2C3NC(NC4NC(NC5NC(NC6NC(N3)C3CCCCC63)C3CCCCC53)C3CCCCC43)C2C1.Nc1ccccc1. The summed E-state index contributed by atoms with van der Waals surface area (Å²) in [7, 11) is 0. The molecule has 9 nitrogen and oxygen atoms in total. The van der Waals surface area contributed by atoms with Crippen molar-refractivity contribution in [1.82, 2.24) is 42.5 Å². The molecule has 0 aromatic heterocycles. The number of para-hydroxylation sites is 1. The lowest BCUT2D eigenvalue weighted by atomic mass is 9.76. The third-order valence-corrected chi connectivity index (χ3v) is 14.6. The lowest BCUT2D eigenvalue weighted by Gasteiger charge is -2.35. The molecule has 10 rings (SSSR count). The molecule has 8 bridgehead atoms. The van der Waals surface area contributed by atoms with E-state index in [4.69, 9.17) is 5.73 Å². The number of nitrogen functional groups attached to an aromatic ring is 1. The first-order chi connectivity index (χ1) is 23.2. The normalized spacial score (nSPS) is 50.3. The Morgan fingerprint density at radius 3 is 0.660 bits per heavy atom. The van der Waals surface area contributed by atoms with Gasteiger partial charge in [-0.05, 0) is 111 Å². The van der Waals surface area contributed by atoms with Gasteiger partial charge in [0.05, 0.1) is 49.3 Å². The first kappa shape index (κ1) is 31.7. The summed E-state index contributed by atoms with van der Waals surface area (Å²) >= 11 is 0. The van der Waals surface area contributed by atoms with Crippen LogP contribution in [-0.2, 0) is 0 Å². The molecule has 5 aliphatic heterocycles. The number of hydrogen-bond donors (Lipinski definition) is 9. The molecule has 9 fully saturated rings. The number of anilines is 1. The Morgan fingerprint density at radius 2 is 0.511 bits per heavy atom. The number of fused-ring (bicyclic) bond motifs is 20. The van der Waals surface area contributed by atoms with Crippen molar-refractivity contribution in [3.63, 3.8) is 0 Å². The van der Waals surface area contributed by atoms with Crippen molar-refractivity contribution in [3.05, 3.63) is 30.3 Å². The lowest BCUT2D eigenvalue weighted by Crippen LogP contribution is -2.61. The van der Waals surface area contributed by atoms with E-state index < -0.39 is 0 Å². The molecule has 9 heteroatoms. The van der Waals surface area contributed by atoms with Crippen molar-refractivity contribution < 1.29 is 0 Å². The highest BCUT2D eigenvalue weighted by Crippen LogP contribution is 2.45. The predicted molar refractivity (Wildman–Crippen MR) is 188 cm³/mol. The van der Waals surface area contributed by atoms with Gasteiger partial charge in [-0.2, -0.15) is 0 Å². The Hall–Kier alpha value is -1.30. The number of benzene rings is 1. The summed E-state index contributed by atoms with van der Waals surface area (Å²) in [6.07, 6.45) is 25.6. The van der Waals surface area contributed by atoms with Crippen LogP contribution in [0.3, 0.4) is 0 Å². The number of hydrogen-bond acceptors (Lipinski definition) is 9. The van der Waals surface area contributed by atoms with E-state index in [1.54, 1.807) is 0 Å². The van der Waals surface area contributed by atoms with Crippen LogP contribution in [0.15, 0.2) is 30.3 Å². The summed E-state index contributed by atoms with van der Waals surface area (Å²) in [5.74, 6) is 5.97. The van der Waals surface area contributed by atoms with Crippen molar-refractivity contribution in [2.24, 2.45) is 47.3 Å². The summed E-state index contributed by atoms with van der Waals surface area (Å²) in [6, 6.07) is 9.49. The van der Waals surface area contributed by atoms with Crippen molar-refractivity contribution in [1.29, 1.82) is 0 Å². The van der Waals surface area contributed by atoms with E-state index in [1.165, 1.54) is 103 Å². The first-order valence-electron chi connectivity index (χ1n) is 20.1. The predicted octanol–water partition coefficient (Wildman–Crippen LogP) is 3.87. The van der Waals surface area contributed by atoms with Gasteiger partial charge in [-0.25, -0.2) is 0 Å². The van der Waals surface area contributed by atoms with E-state index in [9.17, 15) is 0 Å². The van der Waals surface area contributed by atoms with Gasteiger partial charge < -0.3 is 5.73 Å². The summed E-state index contributed by atoms with van der Waals surface area (Å²) in [6.45, 7) is 0. The van der Waals surface area contributed by atoms with Gasteiger partial charge in [-0.3, -0.25) is 42.5 Å². The molecule has 47 heavy (non-hydrogen) atoms. The van der Waals surface area contributed by atoms with Crippen molar-refractivity contribution >= 4 is 5.69 Å². The van der Waals surface area contributed by atoms with Crippen LogP contribution in [0.2, 0.25) is 0 Å². The molecule has 0 spiro atoms. The van der Waals surface area contributed by atoms with Crippen LogP contribution < -0.4 is 48.3 Å². The second-order valence-corrected chi connectivity index (χ2v) is 17.0. The van der Waals surface area contributed by atoms with Gasteiger partial charge in [0.2, 0.25) is 0 Å². The standard InChI is InChI=1S/C32H56N8.C6H7N/c1-2-10-18-17(9-1)25-33-26(18)38-28-21-13-5-6-14-22(21)30(35-28)40-32-24-16-8-7-15-23(24)31(36-32)39-29-20-12-4-3-11-19(20)27(34-29)37-25;7-6-4-2-1-3-5-6/h17-40H,1-16H2;1-5H,7H2. The fraction of sp³-hybridized carbons (Fsp3) is 0.842. The Kier molecular flexibility index (Phi) is 9.29. The van der Waals surface area contributed by atoms with Crippen LogP contribution in [0.5, 0.6) is 0 Å². The molecular weight excluding hydrogens is 582 g/mol. The van der Waals surface area contributed by atoms with Gasteiger partial charge in [0.25, 0.3) is 0 Å². The van der Waals surface area contributed by atoms with Crippen LogP contribution >= 0.6 is 0 Å². The van der Waals surface area contributed by atoms with Crippen molar-refractivity contribution in [3.8, 4) is 0 Å². The molecular formula is C38H63N9. The lowest BCUT2D eigenvalue weighted by molar-refractivity contribution is 0.167. The van der Waals surface area contributed by atoms with E-state index >= 15 is 0 Å². The smallest absolute Gasteiger partial charge is 0.0628 e. The fourth-order valence-electron chi connectivity index (χ4n) is 12.4. The van der Waals surface area contributed by atoms with Gasteiger partial charge in [-0.15, -0.1) is 0 Å². The fourth-order valence-corrected chi connectivity index (χ4v) is 12.4. The average Bonchev–Trinajstić information content (AvgIpc) is 3.85. The molecule has 8 atom stereocenters. The molecule has 4 saturated carbocycles. The topological polar surface area (TPSA) is 122 Å². The van der Waals surface area contributed by atoms with E-state index in [0.29, 0.717) is 49.3 Å². The Balaban J connectivity index is 0.000000387. The molecule has 8 unspecified atom stereocenters. The maximum absolute atomic E-state index is 5.36. The summed E-state index contributed by atoms with van der Waals surface area (Å²) in [5, 5.41) is 33.8. The van der Waals surface area contributed by atoms with Crippen molar-refractivity contribution in [2.45, 2.75) is 152 Å². The van der Waals surface area contributed by atoms with Gasteiger partial charge in [0, 0.05) is 5.69 Å². The van der Waals surface area contributed by atoms with E-state index in [2.05, 4.69) is 42.5 Å². The average molecular weight is 646 g/mol. The zero-order valence-corrected chi connectivity index (χ0v) is 28.5. The maximum Gasteiger partial charge on any atom is 0.0628 e. The molecule has 1 aromatic carbocycles. The van der Waals surface area contributed by atoms with E-state index in [1.807, 2.05) is 30.3 Å².